The molecule has 13 heavy (non-hydrogen) atoms. The lowest BCUT2D eigenvalue weighted by Gasteiger charge is -2.12. The summed E-state index contributed by atoms with van der Waals surface area (Å²) in [6.45, 7) is 3.71. The average Bonchev–Trinajstić information content (AvgIpc) is 2.27. The van der Waals surface area contributed by atoms with E-state index < -0.39 is 0 Å². The Morgan fingerprint density at radius 1 is 1.54 bits per heavy atom. The van der Waals surface area contributed by atoms with Crippen LogP contribution in [0, 0.1) is 0 Å². The molecule has 1 aliphatic rings. The van der Waals surface area contributed by atoms with Crippen molar-refractivity contribution >= 4 is 5.69 Å². The van der Waals surface area contributed by atoms with Crippen molar-refractivity contribution in [3.8, 4) is 5.75 Å². The number of fused-ring (bicyclic) bond motifs is 1. The van der Waals surface area contributed by atoms with Crippen molar-refractivity contribution in [1.82, 2.24) is 5.32 Å². The molecule has 1 aromatic carbocycles. The number of hydrogen-bond acceptors (Lipinski definition) is 3. The van der Waals surface area contributed by atoms with Gasteiger partial charge in [0.05, 0.1) is 0 Å². The van der Waals surface area contributed by atoms with Gasteiger partial charge in [-0.2, -0.15) is 0 Å². The molecule has 1 aliphatic heterocycles. The maximum Gasteiger partial charge on any atom is 0.126 e. The first-order chi connectivity index (χ1) is 6.27. The van der Waals surface area contributed by atoms with Crippen LogP contribution in [0.3, 0.4) is 0 Å². The molecule has 0 saturated carbocycles. The minimum atomic E-state index is 0.211. The SMILES string of the molecule is C[C@@H]1CNCc2c(N)cccc2O1. The van der Waals surface area contributed by atoms with E-state index >= 15 is 0 Å². The quantitative estimate of drug-likeness (QED) is 0.586. The first-order valence-corrected chi connectivity index (χ1v) is 4.52. The van der Waals surface area contributed by atoms with Crippen LogP contribution in [-0.2, 0) is 6.54 Å². The zero-order chi connectivity index (χ0) is 9.26. The molecule has 0 amide bonds. The minimum absolute atomic E-state index is 0.211. The molecule has 0 aromatic heterocycles. The van der Waals surface area contributed by atoms with Gasteiger partial charge >= 0.3 is 0 Å². The first kappa shape index (κ1) is 8.38. The molecule has 0 spiro atoms. The van der Waals surface area contributed by atoms with Gasteiger partial charge in [0.2, 0.25) is 0 Å². The Morgan fingerprint density at radius 3 is 3.23 bits per heavy atom. The second kappa shape index (κ2) is 3.26. The topological polar surface area (TPSA) is 47.3 Å². The van der Waals surface area contributed by atoms with Crippen LogP contribution in [0.25, 0.3) is 0 Å². The smallest absolute Gasteiger partial charge is 0.126 e. The Hall–Kier alpha value is -1.22. The molecule has 3 heteroatoms. The fourth-order valence-corrected chi connectivity index (χ4v) is 1.54. The van der Waals surface area contributed by atoms with Gasteiger partial charge in [0.25, 0.3) is 0 Å². The molecule has 0 aliphatic carbocycles. The molecule has 0 unspecified atom stereocenters. The maximum absolute atomic E-state index is 5.84. The van der Waals surface area contributed by atoms with Gasteiger partial charge in [0.1, 0.15) is 11.9 Å². The van der Waals surface area contributed by atoms with Gasteiger partial charge in [-0.15, -0.1) is 0 Å². The van der Waals surface area contributed by atoms with E-state index in [-0.39, 0.29) is 6.10 Å². The Morgan fingerprint density at radius 2 is 2.38 bits per heavy atom. The lowest BCUT2D eigenvalue weighted by Crippen LogP contribution is -2.25. The summed E-state index contributed by atoms with van der Waals surface area (Å²) in [6.07, 6.45) is 0.211. The molecule has 3 N–H and O–H groups in total. The number of nitrogen functional groups attached to an aromatic ring is 1. The van der Waals surface area contributed by atoms with E-state index in [1.807, 2.05) is 25.1 Å². The zero-order valence-corrected chi connectivity index (χ0v) is 7.71. The summed E-state index contributed by atoms with van der Waals surface area (Å²) in [5.41, 5.74) is 7.72. The summed E-state index contributed by atoms with van der Waals surface area (Å²) in [7, 11) is 0. The summed E-state index contributed by atoms with van der Waals surface area (Å²) in [5, 5.41) is 3.29. The molecular weight excluding hydrogens is 164 g/mol. The van der Waals surface area contributed by atoms with Crippen LogP contribution in [0.2, 0.25) is 0 Å². The van der Waals surface area contributed by atoms with Gasteiger partial charge in [0.15, 0.2) is 0 Å². The normalized spacial score (nSPS) is 21.5. The zero-order valence-electron chi connectivity index (χ0n) is 7.71. The molecule has 1 atom stereocenters. The van der Waals surface area contributed by atoms with E-state index in [0.717, 1.165) is 30.1 Å². The highest BCUT2D eigenvalue weighted by molar-refractivity contribution is 5.54. The average molecular weight is 178 g/mol. The van der Waals surface area contributed by atoms with Crippen molar-refractivity contribution in [2.45, 2.75) is 19.6 Å². The van der Waals surface area contributed by atoms with Crippen LogP contribution in [0.4, 0.5) is 5.69 Å². The molecule has 3 nitrogen and oxygen atoms in total. The summed E-state index contributed by atoms with van der Waals surface area (Å²) in [5.74, 6) is 0.914. The third kappa shape index (κ3) is 1.60. The molecule has 0 saturated heterocycles. The minimum Gasteiger partial charge on any atom is -0.489 e. The molecule has 1 heterocycles. The highest BCUT2D eigenvalue weighted by atomic mass is 16.5. The molecule has 0 radical (unpaired) electrons. The van der Waals surface area contributed by atoms with Crippen LogP contribution < -0.4 is 15.8 Å². The molecule has 1 aromatic rings. The summed E-state index contributed by atoms with van der Waals surface area (Å²) < 4.78 is 5.70. The largest absolute Gasteiger partial charge is 0.489 e. The number of anilines is 1. The predicted molar refractivity (Wildman–Crippen MR) is 52.7 cm³/mol. The van der Waals surface area contributed by atoms with E-state index in [4.69, 9.17) is 10.5 Å². The van der Waals surface area contributed by atoms with Gasteiger partial charge in [-0.3, -0.25) is 0 Å². The van der Waals surface area contributed by atoms with Crippen molar-refractivity contribution in [2.24, 2.45) is 0 Å². The third-order valence-electron chi connectivity index (χ3n) is 2.23. The van der Waals surface area contributed by atoms with Crippen molar-refractivity contribution < 1.29 is 4.74 Å². The monoisotopic (exact) mass is 178 g/mol. The van der Waals surface area contributed by atoms with Crippen molar-refractivity contribution in [1.29, 1.82) is 0 Å². The lowest BCUT2D eigenvalue weighted by atomic mass is 10.1. The second-order valence-electron chi connectivity index (χ2n) is 3.38. The number of hydrogen-bond donors (Lipinski definition) is 2. The Bertz CT molecular complexity index is 312. The molecule has 2 rings (SSSR count). The number of nitrogens with one attached hydrogen (secondary N) is 1. The van der Waals surface area contributed by atoms with Crippen LogP contribution in [0.1, 0.15) is 12.5 Å². The summed E-state index contributed by atoms with van der Waals surface area (Å²) in [6, 6.07) is 5.79. The lowest BCUT2D eigenvalue weighted by molar-refractivity contribution is 0.226. The fourth-order valence-electron chi connectivity index (χ4n) is 1.54. The molecular formula is C10H14N2O. The van der Waals surface area contributed by atoms with Gasteiger partial charge < -0.3 is 15.8 Å². The standard InChI is InChI=1S/C10H14N2O/c1-7-5-12-6-8-9(11)3-2-4-10(8)13-7/h2-4,7,12H,5-6,11H2,1H3/t7-/m1/s1. The van der Waals surface area contributed by atoms with Gasteiger partial charge in [-0.25, -0.2) is 0 Å². The van der Waals surface area contributed by atoms with E-state index in [0.29, 0.717) is 0 Å². The van der Waals surface area contributed by atoms with Crippen LogP contribution in [-0.4, -0.2) is 12.6 Å². The van der Waals surface area contributed by atoms with Crippen LogP contribution >= 0.6 is 0 Å². The predicted octanol–water partition coefficient (Wildman–Crippen LogP) is 1.14. The van der Waals surface area contributed by atoms with Crippen LogP contribution in [0.15, 0.2) is 18.2 Å². The second-order valence-corrected chi connectivity index (χ2v) is 3.38. The Kier molecular flexibility index (Phi) is 2.10. The van der Waals surface area contributed by atoms with Gasteiger partial charge in [-0.05, 0) is 19.1 Å². The number of rotatable bonds is 0. The van der Waals surface area contributed by atoms with Gasteiger partial charge in [0, 0.05) is 24.3 Å². The summed E-state index contributed by atoms with van der Waals surface area (Å²) in [4.78, 5) is 0. The highest BCUT2D eigenvalue weighted by Crippen LogP contribution is 2.26. The van der Waals surface area contributed by atoms with Gasteiger partial charge in [-0.1, -0.05) is 6.07 Å². The van der Waals surface area contributed by atoms with Crippen LogP contribution in [0.5, 0.6) is 5.75 Å². The first-order valence-electron chi connectivity index (χ1n) is 4.52. The third-order valence-corrected chi connectivity index (χ3v) is 2.23. The fraction of sp³-hybridized carbons (Fsp3) is 0.400. The van der Waals surface area contributed by atoms with E-state index in [2.05, 4.69) is 5.32 Å². The number of nitrogens with two attached hydrogens (primary N) is 1. The maximum atomic E-state index is 5.84. The van der Waals surface area contributed by atoms with E-state index in [9.17, 15) is 0 Å². The van der Waals surface area contributed by atoms with Crippen molar-refractivity contribution in [3.05, 3.63) is 23.8 Å². The highest BCUT2D eigenvalue weighted by Gasteiger charge is 2.14. The molecule has 0 fully saturated rings. The Balaban J connectivity index is 2.39. The Labute approximate surface area is 77.9 Å². The molecule has 70 valence electrons. The van der Waals surface area contributed by atoms with Crippen molar-refractivity contribution in [3.63, 3.8) is 0 Å². The van der Waals surface area contributed by atoms with Crippen molar-refractivity contribution in [2.75, 3.05) is 12.3 Å². The van der Waals surface area contributed by atoms with E-state index in [1.165, 1.54) is 0 Å². The number of ether oxygens (including phenoxy) is 1. The summed E-state index contributed by atoms with van der Waals surface area (Å²) >= 11 is 0. The number of benzene rings is 1. The molecule has 0 bridgehead atoms. The van der Waals surface area contributed by atoms with E-state index in [1.54, 1.807) is 0 Å².